The van der Waals surface area contributed by atoms with Crippen LogP contribution in [0.25, 0.3) is 0 Å². The van der Waals surface area contributed by atoms with Gasteiger partial charge in [-0.2, -0.15) is 0 Å². The standard InChI is InChI=1S/C18H17NO4/c1-3-11-8-13-17(21)12-6-4-5-7-14(12)19-16(20)10-23-18(13,19)15(9-11)22-2/h3-9,13,17,21H,1,10H2,2H3. The Bertz CT molecular complexity index is 766. The first-order chi connectivity index (χ1) is 11.1. The molecule has 1 aromatic rings. The van der Waals surface area contributed by atoms with Crippen LogP contribution in [0.4, 0.5) is 5.69 Å². The molecule has 4 rings (SSSR count). The lowest BCUT2D eigenvalue weighted by atomic mass is 9.75. The monoisotopic (exact) mass is 311 g/mol. The Hall–Kier alpha value is -2.37. The number of fused-ring (bicyclic) bond motifs is 2. The number of anilines is 1. The molecule has 1 aromatic carbocycles. The number of hydrogen-bond acceptors (Lipinski definition) is 4. The van der Waals surface area contributed by atoms with Crippen LogP contribution in [0, 0.1) is 5.92 Å². The van der Waals surface area contributed by atoms with Gasteiger partial charge >= 0.3 is 0 Å². The summed E-state index contributed by atoms with van der Waals surface area (Å²) < 4.78 is 11.5. The Kier molecular flexibility index (Phi) is 2.98. The summed E-state index contributed by atoms with van der Waals surface area (Å²) in [5, 5.41) is 10.9. The summed E-state index contributed by atoms with van der Waals surface area (Å²) in [5.74, 6) is -0.108. The molecule has 3 aliphatic rings. The Morgan fingerprint density at radius 3 is 3.00 bits per heavy atom. The van der Waals surface area contributed by atoms with Crippen molar-refractivity contribution >= 4 is 11.6 Å². The lowest BCUT2D eigenvalue weighted by Gasteiger charge is -2.49. The van der Waals surface area contributed by atoms with Gasteiger partial charge in [0.2, 0.25) is 5.72 Å². The smallest absolute Gasteiger partial charge is 0.255 e. The highest BCUT2D eigenvalue weighted by Crippen LogP contribution is 2.54. The molecule has 1 amide bonds. The fraction of sp³-hybridized carbons (Fsp3) is 0.278. The van der Waals surface area contributed by atoms with Crippen molar-refractivity contribution in [1.82, 2.24) is 0 Å². The highest BCUT2D eigenvalue weighted by Gasteiger charge is 2.62. The molecular formula is C18H17NO4. The zero-order valence-corrected chi connectivity index (χ0v) is 12.7. The maximum Gasteiger partial charge on any atom is 0.255 e. The number of allylic oxidation sites excluding steroid dienone is 3. The lowest BCUT2D eigenvalue weighted by Crippen LogP contribution is -2.59. The molecule has 5 nitrogen and oxygen atoms in total. The number of carbonyl (C=O) groups excluding carboxylic acids is 1. The van der Waals surface area contributed by atoms with Crippen molar-refractivity contribution in [3.63, 3.8) is 0 Å². The molecule has 23 heavy (non-hydrogen) atoms. The van der Waals surface area contributed by atoms with Crippen LogP contribution >= 0.6 is 0 Å². The van der Waals surface area contributed by atoms with Crippen LogP contribution in [0.3, 0.4) is 0 Å². The maximum atomic E-state index is 12.5. The van der Waals surface area contributed by atoms with Crippen LogP contribution < -0.4 is 4.90 Å². The Morgan fingerprint density at radius 1 is 1.48 bits per heavy atom. The zero-order valence-electron chi connectivity index (χ0n) is 12.7. The number of amides is 1. The first kappa shape index (κ1) is 14.2. The highest BCUT2D eigenvalue weighted by atomic mass is 16.6. The van der Waals surface area contributed by atoms with Gasteiger partial charge in [-0.15, -0.1) is 0 Å². The van der Waals surface area contributed by atoms with E-state index in [-0.39, 0.29) is 12.5 Å². The topological polar surface area (TPSA) is 59.0 Å². The van der Waals surface area contributed by atoms with E-state index in [9.17, 15) is 9.90 Å². The van der Waals surface area contributed by atoms with E-state index in [0.717, 1.165) is 5.57 Å². The fourth-order valence-corrected chi connectivity index (χ4v) is 3.79. The molecular weight excluding hydrogens is 294 g/mol. The van der Waals surface area contributed by atoms with Gasteiger partial charge in [0.05, 0.1) is 24.8 Å². The van der Waals surface area contributed by atoms with Crippen molar-refractivity contribution in [2.24, 2.45) is 5.92 Å². The number of ether oxygens (including phenoxy) is 2. The summed E-state index contributed by atoms with van der Waals surface area (Å²) in [6.07, 6.45) is 4.58. The normalized spacial score (nSPS) is 31.6. The summed E-state index contributed by atoms with van der Waals surface area (Å²) >= 11 is 0. The van der Waals surface area contributed by atoms with Crippen molar-refractivity contribution in [2.45, 2.75) is 11.8 Å². The third-order valence-electron chi connectivity index (χ3n) is 4.76. The van der Waals surface area contributed by atoms with Crippen molar-refractivity contribution in [2.75, 3.05) is 18.6 Å². The van der Waals surface area contributed by atoms with E-state index >= 15 is 0 Å². The van der Waals surface area contributed by atoms with E-state index < -0.39 is 17.7 Å². The van der Waals surface area contributed by atoms with Crippen LogP contribution in [0.15, 0.2) is 60.4 Å². The average Bonchev–Trinajstić information content (AvgIpc) is 2.92. The second kappa shape index (κ2) is 4.81. The number of carbonyl (C=O) groups is 1. The molecule has 5 heteroatoms. The molecule has 1 fully saturated rings. The predicted molar refractivity (Wildman–Crippen MR) is 84.4 cm³/mol. The van der Waals surface area contributed by atoms with Crippen molar-refractivity contribution < 1.29 is 19.4 Å². The number of aliphatic hydroxyl groups is 1. The number of rotatable bonds is 2. The lowest BCUT2D eigenvalue weighted by molar-refractivity contribution is -0.117. The van der Waals surface area contributed by atoms with Crippen LogP contribution in [0.1, 0.15) is 11.7 Å². The van der Waals surface area contributed by atoms with E-state index in [0.29, 0.717) is 17.0 Å². The molecule has 0 saturated carbocycles. The van der Waals surface area contributed by atoms with Crippen molar-refractivity contribution in [3.05, 3.63) is 66.0 Å². The molecule has 2 aliphatic heterocycles. The van der Waals surface area contributed by atoms with Crippen molar-refractivity contribution in [3.8, 4) is 0 Å². The first-order valence-electron chi connectivity index (χ1n) is 7.48. The Balaban J connectivity index is 2.01. The summed E-state index contributed by atoms with van der Waals surface area (Å²) in [4.78, 5) is 14.2. The molecule has 2 heterocycles. The minimum Gasteiger partial charge on any atom is -0.496 e. The van der Waals surface area contributed by atoms with Gasteiger partial charge in [-0.25, -0.2) is 0 Å². The van der Waals surface area contributed by atoms with E-state index in [1.165, 1.54) is 0 Å². The fourth-order valence-electron chi connectivity index (χ4n) is 3.79. The summed E-state index contributed by atoms with van der Waals surface area (Å²) in [7, 11) is 1.54. The number of benzene rings is 1. The maximum absolute atomic E-state index is 12.5. The molecule has 3 unspecified atom stereocenters. The summed E-state index contributed by atoms with van der Waals surface area (Å²) in [6.45, 7) is 3.74. The van der Waals surface area contributed by atoms with Crippen LogP contribution in [0.2, 0.25) is 0 Å². The molecule has 1 saturated heterocycles. The number of para-hydroxylation sites is 1. The molecule has 3 atom stereocenters. The summed E-state index contributed by atoms with van der Waals surface area (Å²) in [6, 6.07) is 7.35. The van der Waals surface area contributed by atoms with Crippen LogP contribution in [-0.2, 0) is 14.3 Å². The number of aliphatic hydroxyl groups excluding tert-OH is 1. The first-order valence-corrected chi connectivity index (χ1v) is 7.48. The number of methoxy groups -OCH3 is 1. The minimum absolute atomic E-state index is 0.0461. The van der Waals surface area contributed by atoms with Gasteiger partial charge < -0.3 is 14.6 Å². The largest absolute Gasteiger partial charge is 0.496 e. The van der Waals surface area contributed by atoms with E-state index in [4.69, 9.17) is 9.47 Å². The van der Waals surface area contributed by atoms with Gasteiger partial charge in [-0.3, -0.25) is 9.69 Å². The molecule has 1 aliphatic carbocycles. The van der Waals surface area contributed by atoms with Gasteiger partial charge in [-0.1, -0.05) is 36.9 Å². The SMILES string of the molecule is C=CC1=CC2C(O)c3ccccc3N3C(=O)COC23C(OC)=C1. The predicted octanol–water partition coefficient (Wildman–Crippen LogP) is 2.07. The minimum atomic E-state index is -1.13. The number of nitrogens with zero attached hydrogens (tertiary/aromatic N) is 1. The van der Waals surface area contributed by atoms with Gasteiger partial charge in [0, 0.05) is 5.56 Å². The van der Waals surface area contributed by atoms with E-state index in [1.807, 2.05) is 30.3 Å². The molecule has 0 aromatic heterocycles. The second-order valence-electron chi connectivity index (χ2n) is 5.83. The second-order valence-corrected chi connectivity index (χ2v) is 5.83. The van der Waals surface area contributed by atoms with Gasteiger partial charge in [0.25, 0.3) is 5.91 Å². The van der Waals surface area contributed by atoms with Crippen LogP contribution in [0.5, 0.6) is 0 Å². The third-order valence-corrected chi connectivity index (χ3v) is 4.76. The molecule has 0 bridgehead atoms. The van der Waals surface area contributed by atoms with Gasteiger partial charge in [-0.05, 0) is 17.7 Å². The molecule has 118 valence electrons. The quantitative estimate of drug-likeness (QED) is 0.908. The third kappa shape index (κ3) is 1.66. The van der Waals surface area contributed by atoms with E-state index in [1.54, 1.807) is 24.2 Å². The summed E-state index contributed by atoms with van der Waals surface area (Å²) in [5.41, 5.74) is 1.08. The van der Waals surface area contributed by atoms with Crippen molar-refractivity contribution in [1.29, 1.82) is 0 Å². The molecule has 0 radical (unpaired) electrons. The van der Waals surface area contributed by atoms with E-state index in [2.05, 4.69) is 6.58 Å². The Labute approximate surface area is 134 Å². The zero-order chi connectivity index (χ0) is 16.2. The molecule has 1 N–H and O–H groups in total. The van der Waals surface area contributed by atoms with Gasteiger partial charge in [0.15, 0.2) is 5.76 Å². The molecule has 1 spiro atoms. The number of hydrogen-bond donors (Lipinski definition) is 1. The Morgan fingerprint density at radius 2 is 2.26 bits per heavy atom. The highest BCUT2D eigenvalue weighted by molar-refractivity contribution is 6.00. The average molecular weight is 311 g/mol. The van der Waals surface area contributed by atoms with Crippen LogP contribution in [-0.4, -0.2) is 30.5 Å². The van der Waals surface area contributed by atoms with Gasteiger partial charge in [0.1, 0.15) is 6.61 Å².